The molecule has 0 aliphatic carbocycles. The molecular formula is C14H12FN3OS. The lowest BCUT2D eigenvalue weighted by Gasteiger charge is -2.09. The molecule has 0 aliphatic heterocycles. The average molecular weight is 289 g/mol. The third-order valence-electron chi connectivity index (χ3n) is 2.86. The number of primary amides is 1. The Kier molecular flexibility index (Phi) is 4.01. The maximum atomic E-state index is 13.6. The van der Waals surface area contributed by atoms with Crippen molar-refractivity contribution < 1.29 is 9.18 Å². The summed E-state index contributed by atoms with van der Waals surface area (Å²) in [5, 5.41) is 13.6. The van der Waals surface area contributed by atoms with Crippen molar-refractivity contribution in [1.82, 2.24) is 0 Å². The Morgan fingerprint density at radius 2 is 2.25 bits per heavy atom. The molecule has 0 aliphatic rings. The van der Waals surface area contributed by atoms with Gasteiger partial charge in [0.25, 0.3) is 0 Å². The van der Waals surface area contributed by atoms with E-state index < -0.39 is 11.7 Å². The van der Waals surface area contributed by atoms with E-state index in [4.69, 9.17) is 11.0 Å². The van der Waals surface area contributed by atoms with Crippen molar-refractivity contribution in [2.24, 2.45) is 5.73 Å². The van der Waals surface area contributed by atoms with Gasteiger partial charge in [0.15, 0.2) is 0 Å². The van der Waals surface area contributed by atoms with Crippen molar-refractivity contribution in [1.29, 1.82) is 5.26 Å². The number of rotatable bonds is 4. The predicted molar refractivity (Wildman–Crippen MR) is 76.0 cm³/mol. The highest BCUT2D eigenvalue weighted by Crippen LogP contribution is 2.22. The van der Waals surface area contributed by atoms with Crippen LogP contribution in [0, 0.1) is 24.1 Å². The minimum atomic E-state index is -0.471. The number of anilines is 1. The molecule has 102 valence electrons. The molecule has 20 heavy (non-hydrogen) atoms. The first kappa shape index (κ1) is 14.0. The van der Waals surface area contributed by atoms with Gasteiger partial charge in [0.2, 0.25) is 5.91 Å². The number of benzene rings is 1. The van der Waals surface area contributed by atoms with Crippen LogP contribution in [0.5, 0.6) is 0 Å². The molecule has 3 N–H and O–H groups in total. The SMILES string of the molecule is Cc1c(F)cc(C#N)cc1NCc1cc(C(N)=O)cs1. The standard InChI is InChI=1S/C14H12FN3OS/c1-8-12(15)2-9(5-16)3-13(8)18-6-11-4-10(7-20-11)14(17)19/h2-4,7,18H,6H2,1H3,(H2,17,19). The van der Waals surface area contributed by atoms with Crippen LogP contribution in [-0.2, 0) is 6.54 Å². The fourth-order valence-corrected chi connectivity index (χ4v) is 2.52. The van der Waals surface area contributed by atoms with Gasteiger partial charge in [-0.2, -0.15) is 5.26 Å². The summed E-state index contributed by atoms with van der Waals surface area (Å²) in [5.74, 6) is -0.892. The summed E-state index contributed by atoms with van der Waals surface area (Å²) >= 11 is 1.40. The Morgan fingerprint density at radius 1 is 1.50 bits per heavy atom. The lowest BCUT2D eigenvalue weighted by Crippen LogP contribution is -2.09. The van der Waals surface area contributed by atoms with Gasteiger partial charge in [0, 0.05) is 28.1 Å². The summed E-state index contributed by atoms with van der Waals surface area (Å²) in [5.41, 5.74) is 6.92. The van der Waals surface area contributed by atoms with E-state index in [1.807, 2.05) is 6.07 Å². The van der Waals surface area contributed by atoms with Gasteiger partial charge in [-0.25, -0.2) is 4.39 Å². The molecule has 0 fully saturated rings. The van der Waals surface area contributed by atoms with E-state index in [2.05, 4.69) is 5.32 Å². The van der Waals surface area contributed by atoms with Crippen molar-refractivity contribution in [3.63, 3.8) is 0 Å². The van der Waals surface area contributed by atoms with Crippen LogP contribution in [0.1, 0.15) is 26.4 Å². The summed E-state index contributed by atoms with van der Waals surface area (Å²) in [6.45, 7) is 2.08. The van der Waals surface area contributed by atoms with Gasteiger partial charge < -0.3 is 11.1 Å². The number of halogens is 1. The number of hydrogen-bond acceptors (Lipinski definition) is 4. The lowest BCUT2D eigenvalue weighted by molar-refractivity contribution is 0.100. The van der Waals surface area contributed by atoms with Gasteiger partial charge in [0.05, 0.1) is 17.2 Å². The van der Waals surface area contributed by atoms with Crippen molar-refractivity contribution in [2.75, 3.05) is 5.32 Å². The fraction of sp³-hybridized carbons (Fsp3) is 0.143. The largest absolute Gasteiger partial charge is 0.380 e. The van der Waals surface area contributed by atoms with Crippen LogP contribution in [0.25, 0.3) is 0 Å². The smallest absolute Gasteiger partial charge is 0.249 e. The highest BCUT2D eigenvalue weighted by atomic mass is 32.1. The monoisotopic (exact) mass is 289 g/mol. The van der Waals surface area contributed by atoms with E-state index in [1.165, 1.54) is 17.4 Å². The lowest BCUT2D eigenvalue weighted by atomic mass is 10.1. The number of carbonyl (C=O) groups is 1. The number of hydrogen-bond donors (Lipinski definition) is 2. The van der Waals surface area contributed by atoms with Gasteiger partial charge in [-0.05, 0) is 25.1 Å². The molecule has 2 rings (SSSR count). The molecule has 0 atom stereocenters. The van der Waals surface area contributed by atoms with Gasteiger partial charge in [-0.3, -0.25) is 4.79 Å². The van der Waals surface area contributed by atoms with Crippen LogP contribution < -0.4 is 11.1 Å². The maximum absolute atomic E-state index is 13.6. The molecule has 0 radical (unpaired) electrons. The fourth-order valence-electron chi connectivity index (χ4n) is 1.71. The first-order chi connectivity index (χ1) is 9.51. The highest BCUT2D eigenvalue weighted by molar-refractivity contribution is 7.10. The Balaban J connectivity index is 2.16. The zero-order valence-corrected chi connectivity index (χ0v) is 11.6. The molecule has 0 spiro atoms. The van der Waals surface area contributed by atoms with E-state index in [0.29, 0.717) is 23.4 Å². The molecule has 0 saturated carbocycles. The molecule has 0 unspecified atom stereocenters. The van der Waals surface area contributed by atoms with Crippen molar-refractivity contribution in [3.8, 4) is 6.07 Å². The number of nitrogens with one attached hydrogen (secondary N) is 1. The number of nitrogens with two attached hydrogens (primary N) is 1. The van der Waals surface area contributed by atoms with E-state index in [0.717, 1.165) is 4.88 Å². The number of amides is 1. The zero-order chi connectivity index (χ0) is 14.7. The van der Waals surface area contributed by atoms with Crippen LogP contribution in [0.2, 0.25) is 0 Å². The predicted octanol–water partition coefficient (Wildman–Crippen LogP) is 2.78. The molecule has 1 heterocycles. The molecule has 0 bridgehead atoms. The Hall–Kier alpha value is -2.39. The van der Waals surface area contributed by atoms with Gasteiger partial charge in [-0.15, -0.1) is 11.3 Å². The van der Waals surface area contributed by atoms with E-state index in [1.54, 1.807) is 24.4 Å². The number of nitrogens with zero attached hydrogens (tertiary/aromatic N) is 1. The van der Waals surface area contributed by atoms with Crippen molar-refractivity contribution >= 4 is 22.9 Å². The second-order valence-electron chi connectivity index (χ2n) is 4.26. The summed E-state index contributed by atoms with van der Waals surface area (Å²) < 4.78 is 13.6. The van der Waals surface area contributed by atoms with Crippen LogP contribution in [0.15, 0.2) is 23.6 Å². The van der Waals surface area contributed by atoms with E-state index in [9.17, 15) is 9.18 Å². The van der Waals surface area contributed by atoms with E-state index in [-0.39, 0.29) is 5.56 Å². The van der Waals surface area contributed by atoms with Crippen LogP contribution in [0.3, 0.4) is 0 Å². The van der Waals surface area contributed by atoms with Gasteiger partial charge >= 0.3 is 0 Å². The molecule has 2 aromatic rings. The Morgan fingerprint density at radius 3 is 2.85 bits per heavy atom. The minimum Gasteiger partial charge on any atom is -0.380 e. The van der Waals surface area contributed by atoms with E-state index >= 15 is 0 Å². The van der Waals surface area contributed by atoms with Crippen molar-refractivity contribution in [2.45, 2.75) is 13.5 Å². The Bertz CT molecular complexity index is 703. The minimum absolute atomic E-state index is 0.264. The van der Waals surface area contributed by atoms with Crippen LogP contribution in [0.4, 0.5) is 10.1 Å². The molecule has 4 nitrogen and oxygen atoms in total. The average Bonchev–Trinajstić information content (AvgIpc) is 2.89. The Labute approximate surface area is 119 Å². The van der Waals surface area contributed by atoms with Gasteiger partial charge in [0.1, 0.15) is 5.82 Å². The molecule has 1 aromatic carbocycles. The topological polar surface area (TPSA) is 78.9 Å². The molecular weight excluding hydrogens is 277 g/mol. The van der Waals surface area contributed by atoms with Gasteiger partial charge in [-0.1, -0.05) is 0 Å². The third-order valence-corrected chi connectivity index (χ3v) is 3.80. The quantitative estimate of drug-likeness (QED) is 0.908. The second kappa shape index (κ2) is 5.72. The second-order valence-corrected chi connectivity index (χ2v) is 5.26. The number of thiophene rings is 1. The molecule has 1 amide bonds. The third kappa shape index (κ3) is 2.95. The summed E-state index contributed by atoms with van der Waals surface area (Å²) in [7, 11) is 0. The molecule has 1 aromatic heterocycles. The summed E-state index contributed by atoms with van der Waals surface area (Å²) in [6, 6.07) is 6.41. The first-order valence-electron chi connectivity index (χ1n) is 5.82. The maximum Gasteiger partial charge on any atom is 0.249 e. The first-order valence-corrected chi connectivity index (χ1v) is 6.70. The normalized spacial score (nSPS) is 10.1. The number of nitriles is 1. The highest BCUT2D eigenvalue weighted by Gasteiger charge is 2.08. The summed E-state index contributed by atoms with van der Waals surface area (Å²) in [4.78, 5) is 11.9. The molecule has 0 saturated heterocycles. The summed E-state index contributed by atoms with van der Waals surface area (Å²) in [6.07, 6.45) is 0. The van der Waals surface area contributed by atoms with Crippen LogP contribution in [-0.4, -0.2) is 5.91 Å². The zero-order valence-electron chi connectivity index (χ0n) is 10.7. The number of carbonyl (C=O) groups excluding carboxylic acids is 1. The molecule has 6 heteroatoms. The van der Waals surface area contributed by atoms with Crippen molar-refractivity contribution in [3.05, 3.63) is 51.0 Å². The van der Waals surface area contributed by atoms with Crippen LogP contribution >= 0.6 is 11.3 Å².